The summed E-state index contributed by atoms with van der Waals surface area (Å²) in [5, 5.41) is 8.37. The zero-order valence-electron chi connectivity index (χ0n) is 10.1. The topological polar surface area (TPSA) is 37.3 Å². The Labute approximate surface area is 98.4 Å². The van der Waals surface area contributed by atoms with Gasteiger partial charge in [0.2, 0.25) is 0 Å². The standard InChI is InChI=1S/C14H22O2/c1-2-3-4-5-6-7-8-9-10-11-12-13-14(15)16/h7-12H,2-6,13H2,1H3,(H,15,16). The predicted octanol–water partition coefficient (Wildman–Crippen LogP) is 4.10. The van der Waals surface area contributed by atoms with Crippen LogP contribution >= 0.6 is 0 Å². The molecular weight excluding hydrogens is 200 g/mol. The summed E-state index contributed by atoms with van der Waals surface area (Å²) < 4.78 is 0. The quantitative estimate of drug-likeness (QED) is 0.471. The fraction of sp³-hybridized carbons (Fsp3) is 0.500. The maximum absolute atomic E-state index is 10.2. The van der Waals surface area contributed by atoms with Crippen LogP contribution in [0.5, 0.6) is 0 Å². The molecule has 0 fully saturated rings. The molecule has 0 rings (SSSR count). The van der Waals surface area contributed by atoms with Crippen LogP contribution < -0.4 is 0 Å². The number of hydrogen-bond donors (Lipinski definition) is 1. The minimum Gasteiger partial charge on any atom is -0.481 e. The molecule has 2 heteroatoms. The second-order valence-electron chi connectivity index (χ2n) is 3.69. The van der Waals surface area contributed by atoms with E-state index in [1.165, 1.54) is 25.7 Å². The zero-order chi connectivity index (χ0) is 12.1. The third-order valence-electron chi connectivity index (χ3n) is 2.12. The van der Waals surface area contributed by atoms with Crippen molar-refractivity contribution in [2.75, 3.05) is 0 Å². The summed E-state index contributed by atoms with van der Waals surface area (Å²) in [5.41, 5.74) is 0. The fourth-order valence-corrected chi connectivity index (χ4v) is 1.24. The Bertz CT molecular complexity index is 249. The lowest BCUT2D eigenvalue weighted by atomic mass is 10.1. The number of aliphatic carboxylic acids is 1. The van der Waals surface area contributed by atoms with Gasteiger partial charge in [0.1, 0.15) is 0 Å². The Balaban J connectivity index is 3.41. The van der Waals surface area contributed by atoms with E-state index < -0.39 is 5.97 Å². The third kappa shape index (κ3) is 12.7. The summed E-state index contributed by atoms with van der Waals surface area (Å²) in [6.07, 6.45) is 17.7. The Morgan fingerprint density at radius 1 is 1.00 bits per heavy atom. The van der Waals surface area contributed by atoms with Crippen LogP contribution in [-0.4, -0.2) is 11.1 Å². The summed E-state index contributed by atoms with van der Waals surface area (Å²) in [6.45, 7) is 2.21. The minimum atomic E-state index is -0.795. The molecule has 0 spiro atoms. The van der Waals surface area contributed by atoms with Crippen molar-refractivity contribution >= 4 is 5.97 Å². The highest BCUT2D eigenvalue weighted by Gasteiger charge is 1.86. The molecule has 0 saturated heterocycles. The van der Waals surface area contributed by atoms with Gasteiger partial charge in [-0.25, -0.2) is 0 Å². The first-order valence-electron chi connectivity index (χ1n) is 5.97. The monoisotopic (exact) mass is 222 g/mol. The van der Waals surface area contributed by atoms with E-state index in [-0.39, 0.29) is 6.42 Å². The Morgan fingerprint density at radius 2 is 1.69 bits per heavy atom. The number of carboxylic acids is 1. The Morgan fingerprint density at radius 3 is 2.31 bits per heavy atom. The molecule has 0 unspecified atom stereocenters. The summed E-state index contributed by atoms with van der Waals surface area (Å²) in [4.78, 5) is 10.2. The van der Waals surface area contributed by atoms with Crippen LogP contribution in [0.2, 0.25) is 0 Å². The average molecular weight is 222 g/mol. The van der Waals surface area contributed by atoms with Crippen LogP contribution in [0.4, 0.5) is 0 Å². The summed E-state index contributed by atoms with van der Waals surface area (Å²) >= 11 is 0. The van der Waals surface area contributed by atoms with Gasteiger partial charge in [0.25, 0.3) is 0 Å². The van der Waals surface area contributed by atoms with Gasteiger partial charge in [-0.15, -0.1) is 0 Å². The molecule has 0 aromatic rings. The van der Waals surface area contributed by atoms with Gasteiger partial charge in [-0.05, 0) is 12.8 Å². The highest BCUT2D eigenvalue weighted by molar-refractivity contribution is 5.68. The second kappa shape index (κ2) is 11.8. The SMILES string of the molecule is CCCCCCC=CC=CC=CCC(=O)O. The van der Waals surface area contributed by atoms with Crippen LogP contribution in [0.25, 0.3) is 0 Å². The molecule has 0 aliphatic heterocycles. The third-order valence-corrected chi connectivity index (χ3v) is 2.12. The fourth-order valence-electron chi connectivity index (χ4n) is 1.24. The minimum absolute atomic E-state index is 0.0884. The molecule has 0 radical (unpaired) electrons. The van der Waals surface area contributed by atoms with E-state index in [4.69, 9.17) is 5.11 Å². The molecule has 0 aliphatic carbocycles. The first-order valence-corrected chi connectivity index (χ1v) is 5.97. The van der Waals surface area contributed by atoms with Crippen LogP contribution in [0, 0.1) is 0 Å². The largest absolute Gasteiger partial charge is 0.481 e. The first-order chi connectivity index (χ1) is 7.77. The summed E-state index contributed by atoms with van der Waals surface area (Å²) in [7, 11) is 0. The summed E-state index contributed by atoms with van der Waals surface area (Å²) in [6, 6.07) is 0. The molecule has 0 saturated carbocycles. The maximum atomic E-state index is 10.2. The van der Waals surface area contributed by atoms with Crippen molar-refractivity contribution in [1.29, 1.82) is 0 Å². The molecule has 16 heavy (non-hydrogen) atoms. The number of rotatable bonds is 9. The van der Waals surface area contributed by atoms with Crippen molar-refractivity contribution < 1.29 is 9.90 Å². The van der Waals surface area contributed by atoms with E-state index >= 15 is 0 Å². The summed E-state index contributed by atoms with van der Waals surface area (Å²) in [5.74, 6) is -0.795. The lowest BCUT2D eigenvalue weighted by Gasteiger charge is -1.92. The van der Waals surface area contributed by atoms with E-state index in [2.05, 4.69) is 13.0 Å². The molecule has 0 bridgehead atoms. The maximum Gasteiger partial charge on any atom is 0.307 e. The second-order valence-corrected chi connectivity index (χ2v) is 3.69. The molecular formula is C14H22O2. The normalized spacial score (nSPS) is 12.1. The van der Waals surface area contributed by atoms with E-state index in [0.717, 1.165) is 6.42 Å². The van der Waals surface area contributed by atoms with Gasteiger partial charge in [-0.2, -0.15) is 0 Å². The molecule has 0 amide bonds. The van der Waals surface area contributed by atoms with E-state index in [0.29, 0.717) is 0 Å². The van der Waals surface area contributed by atoms with Crippen molar-refractivity contribution in [2.24, 2.45) is 0 Å². The van der Waals surface area contributed by atoms with E-state index in [1.54, 1.807) is 12.2 Å². The van der Waals surface area contributed by atoms with Crippen molar-refractivity contribution in [3.63, 3.8) is 0 Å². The van der Waals surface area contributed by atoms with Crippen molar-refractivity contribution in [1.82, 2.24) is 0 Å². The smallest absolute Gasteiger partial charge is 0.307 e. The van der Waals surface area contributed by atoms with Gasteiger partial charge in [0.05, 0.1) is 6.42 Å². The Hall–Kier alpha value is -1.31. The van der Waals surface area contributed by atoms with Crippen LogP contribution in [0.1, 0.15) is 45.4 Å². The molecule has 2 nitrogen and oxygen atoms in total. The molecule has 90 valence electrons. The number of unbranched alkanes of at least 4 members (excludes halogenated alkanes) is 4. The zero-order valence-corrected chi connectivity index (χ0v) is 10.1. The van der Waals surface area contributed by atoms with Gasteiger partial charge in [-0.3, -0.25) is 4.79 Å². The number of carboxylic acid groups (broad SMARTS) is 1. The lowest BCUT2D eigenvalue weighted by molar-refractivity contribution is -0.135. The van der Waals surface area contributed by atoms with Gasteiger partial charge < -0.3 is 5.11 Å². The van der Waals surface area contributed by atoms with Crippen LogP contribution in [0.15, 0.2) is 36.5 Å². The highest BCUT2D eigenvalue weighted by Crippen LogP contribution is 2.02. The molecule has 0 aliphatic rings. The van der Waals surface area contributed by atoms with E-state index in [9.17, 15) is 4.79 Å². The highest BCUT2D eigenvalue weighted by atomic mass is 16.4. The van der Waals surface area contributed by atoms with Crippen molar-refractivity contribution in [3.05, 3.63) is 36.5 Å². The molecule has 1 N–H and O–H groups in total. The van der Waals surface area contributed by atoms with Crippen LogP contribution in [-0.2, 0) is 4.79 Å². The first kappa shape index (κ1) is 14.7. The molecule has 0 aromatic heterocycles. The number of hydrogen-bond acceptors (Lipinski definition) is 1. The van der Waals surface area contributed by atoms with Crippen molar-refractivity contribution in [3.8, 4) is 0 Å². The number of allylic oxidation sites excluding steroid dienone is 5. The van der Waals surface area contributed by atoms with E-state index in [1.807, 2.05) is 18.2 Å². The van der Waals surface area contributed by atoms with Crippen molar-refractivity contribution in [2.45, 2.75) is 45.4 Å². The van der Waals surface area contributed by atoms with Gasteiger partial charge in [0, 0.05) is 0 Å². The average Bonchev–Trinajstić information content (AvgIpc) is 2.25. The predicted molar refractivity (Wildman–Crippen MR) is 68.4 cm³/mol. The molecule has 0 aromatic carbocycles. The van der Waals surface area contributed by atoms with Gasteiger partial charge in [-0.1, -0.05) is 62.6 Å². The number of carbonyl (C=O) groups is 1. The Kier molecular flexibility index (Phi) is 10.8. The lowest BCUT2D eigenvalue weighted by Crippen LogP contribution is -1.89. The van der Waals surface area contributed by atoms with Gasteiger partial charge >= 0.3 is 5.97 Å². The van der Waals surface area contributed by atoms with Gasteiger partial charge in [0.15, 0.2) is 0 Å². The molecule has 0 heterocycles. The molecule has 0 atom stereocenters. The van der Waals surface area contributed by atoms with Crippen LogP contribution in [0.3, 0.4) is 0 Å².